The van der Waals surface area contributed by atoms with Gasteiger partial charge in [0.15, 0.2) is 0 Å². The molecule has 0 atom stereocenters. The number of nitrogens with one attached hydrogen (secondary N) is 1. The van der Waals surface area contributed by atoms with Crippen LogP contribution in [0.25, 0.3) is 0 Å². The van der Waals surface area contributed by atoms with Crippen LogP contribution in [0.15, 0.2) is 38.6 Å². The maximum Gasteiger partial charge on any atom is 0.261 e. The first-order valence-electron chi connectivity index (χ1n) is 5.04. The lowest BCUT2D eigenvalue weighted by Gasteiger charge is -2.06. The molecule has 1 heterocycles. The standard InChI is InChI=1S/C12H8Br2FNOS/c13-9-2-1-8(15)5-7(9)6-16-12(17)10-3-4-11(14)18-10/h1-5H,6H2,(H,16,17). The summed E-state index contributed by atoms with van der Waals surface area (Å²) in [6.45, 7) is 0.284. The van der Waals surface area contributed by atoms with Crippen LogP contribution in [0.3, 0.4) is 0 Å². The Balaban J connectivity index is 2.03. The van der Waals surface area contributed by atoms with Crippen LogP contribution < -0.4 is 5.32 Å². The number of carbonyl (C=O) groups excluding carboxylic acids is 1. The van der Waals surface area contributed by atoms with Crippen LogP contribution >= 0.6 is 43.2 Å². The van der Waals surface area contributed by atoms with Crippen LogP contribution in [0, 0.1) is 5.82 Å². The number of thiophene rings is 1. The van der Waals surface area contributed by atoms with Crippen molar-refractivity contribution in [1.29, 1.82) is 0 Å². The lowest BCUT2D eigenvalue weighted by molar-refractivity contribution is 0.0955. The Kier molecular flexibility index (Phi) is 4.53. The molecule has 94 valence electrons. The predicted octanol–water partition coefficient (Wildman–Crippen LogP) is 4.34. The molecule has 1 N–H and O–H groups in total. The Bertz CT molecular complexity index is 585. The van der Waals surface area contributed by atoms with Gasteiger partial charge in [0.1, 0.15) is 5.82 Å². The van der Waals surface area contributed by atoms with Crippen molar-refractivity contribution in [3.05, 3.63) is 54.8 Å². The maximum atomic E-state index is 13.1. The molecule has 0 fully saturated rings. The molecule has 0 radical (unpaired) electrons. The fourth-order valence-corrected chi connectivity index (χ4v) is 3.07. The summed E-state index contributed by atoms with van der Waals surface area (Å²) in [5, 5.41) is 2.75. The number of benzene rings is 1. The van der Waals surface area contributed by atoms with Gasteiger partial charge in [-0.05, 0) is 51.8 Å². The largest absolute Gasteiger partial charge is 0.347 e. The molecular weight excluding hydrogens is 385 g/mol. The minimum absolute atomic E-state index is 0.165. The minimum atomic E-state index is -0.318. The van der Waals surface area contributed by atoms with Crippen LogP contribution in [0.4, 0.5) is 4.39 Å². The number of hydrogen-bond donors (Lipinski definition) is 1. The minimum Gasteiger partial charge on any atom is -0.347 e. The van der Waals surface area contributed by atoms with E-state index in [1.54, 1.807) is 12.1 Å². The summed E-state index contributed by atoms with van der Waals surface area (Å²) in [6, 6.07) is 7.95. The highest BCUT2D eigenvalue weighted by molar-refractivity contribution is 9.11. The summed E-state index contributed by atoms with van der Waals surface area (Å²) >= 11 is 7.97. The lowest BCUT2D eigenvalue weighted by atomic mass is 10.2. The zero-order chi connectivity index (χ0) is 13.1. The summed E-state index contributed by atoms with van der Waals surface area (Å²) < 4.78 is 14.7. The maximum absolute atomic E-state index is 13.1. The summed E-state index contributed by atoms with van der Waals surface area (Å²) in [4.78, 5) is 12.4. The number of carbonyl (C=O) groups is 1. The highest BCUT2D eigenvalue weighted by atomic mass is 79.9. The van der Waals surface area contributed by atoms with Gasteiger partial charge in [-0.2, -0.15) is 0 Å². The molecule has 2 rings (SSSR count). The van der Waals surface area contributed by atoms with E-state index in [4.69, 9.17) is 0 Å². The van der Waals surface area contributed by atoms with Crippen molar-refractivity contribution in [2.45, 2.75) is 6.54 Å². The molecular formula is C12H8Br2FNOS. The van der Waals surface area contributed by atoms with E-state index in [1.807, 2.05) is 6.07 Å². The third-order valence-corrected chi connectivity index (χ3v) is 4.64. The smallest absolute Gasteiger partial charge is 0.261 e. The van der Waals surface area contributed by atoms with Crippen molar-refractivity contribution in [2.24, 2.45) is 0 Å². The number of hydrogen-bond acceptors (Lipinski definition) is 2. The van der Waals surface area contributed by atoms with Crippen molar-refractivity contribution in [3.8, 4) is 0 Å². The monoisotopic (exact) mass is 391 g/mol. The van der Waals surface area contributed by atoms with Crippen LogP contribution in [-0.4, -0.2) is 5.91 Å². The van der Waals surface area contributed by atoms with E-state index in [1.165, 1.54) is 23.5 Å². The molecule has 0 aliphatic heterocycles. The molecule has 0 saturated carbocycles. The van der Waals surface area contributed by atoms with Crippen LogP contribution in [-0.2, 0) is 6.54 Å². The lowest BCUT2D eigenvalue weighted by Crippen LogP contribution is -2.22. The number of rotatable bonds is 3. The van der Waals surface area contributed by atoms with Gasteiger partial charge in [0, 0.05) is 11.0 Å². The fourth-order valence-electron chi connectivity index (χ4n) is 1.38. The zero-order valence-corrected chi connectivity index (χ0v) is 13.0. The van der Waals surface area contributed by atoms with Gasteiger partial charge in [-0.15, -0.1) is 11.3 Å². The fraction of sp³-hybridized carbons (Fsp3) is 0.0833. The molecule has 2 aromatic rings. The molecule has 18 heavy (non-hydrogen) atoms. The Morgan fingerprint density at radius 1 is 1.28 bits per heavy atom. The second-order valence-electron chi connectivity index (χ2n) is 3.52. The predicted molar refractivity (Wildman–Crippen MR) is 77.3 cm³/mol. The molecule has 0 aliphatic rings. The van der Waals surface area contributed by atoms with E-state index in [9.17, 15) is 9.18 Å². The Morgan fingerprint density at radius 2 is 2.06 bits per heavy atom. The molecule has 1 aromatic heterocycles. The van der Waals surface area contributed by atoms with E-state index in [0.29, 0.717) is 10.4 Å². The highest BCUT2D eigenvalue weighted by Gasteiger charge is 2.09. The molecule has 0 spiro atoms. The third kappa shape index (κ3) is 3.40. The Labute approximate surface area is 124 Å². The molecule has 1 amide bonds. The van der Waals surface area contributed by atoms with E-state index in [-0.39, 0.29) is 18.3 Å². The quantitative estimate of drug-likeness (QED) is 0.826. The number of amides is 1. The van der Waals surface area contributed by atoms with Crippen molar-refractivity contribution in [2.75, 3.05) is 0 Å². The van der Waals surface area contributed by atoms with Gasteiger partial charge < -0.3 is 5.32 Å². The van der Waals surface area contributed by atoms with Crippen LogP contribution in [0.5, 0.6) is 0 Å². The molecule has 2 nitrogen and oxygen atoms in total. The highest BCUT2D eigenvalue weighted by Crippen LogP contribution is 2.22. The molecule has 6 heteroatoms. The first-order valence-corrected chi connectivity index (χ1v) is 7.44. The molecule has 1 aromatic carbocycles. The normalized spacial score (nSPS) is 10.4. The van der Waals surface area contributed by atoms with Crippen molar-refractivity contribution >= 4 is 49.1 Å². The molecule has 0 bridgehead atoms. The van der Waals surface area contributed by atoms with Crippen molar-refractivity contribution in [3.63, 3.8) is 0 Å². The van der Waals surface area contributed by atoms with Gasteiger partial charge in [0.05, 0.1) is 8.66 Å². The Morgan fingerprint density at radius 3 is 2.72 bits per heavy atom. The zero-order valence-electron chi connectivity index (χ0n) is 9.04. The number of halogens is 3. The second kappa shape index (κ2) is 5.95. The summed E-state index contributed by atoms with van der Waals surface area (Å²) in [6.07, 6.45) is 0. The topological polar surface area (TPSA) is 29.1 Å². The second-order valence-corrected chi connectivity index (χ2v) is 6.84. The average molecular weight is 393 g/mol. The van der Waals surface area contributed by atoms with E-state index >= 15 is 0 Å². The van der Waals surface area contributed by atoms with Gasteiger partial charge in [-0.25, -0.2) is 4.39 Å². The SMILES string of the molecule is O=C(NCc1cc(F)ccc1Br)c1ccc(Br)s1. The molecule has 0 unspecified atom stereocenters. The van der Waals surface area contributed by atoms with E-state index < -0.39 is 0 Å². The van der Waals surface area contributed by atoms with E-state index in [0.717, 1.165) is 8.26 Å². The average Bonchev–Trinajstić information content (AvgIpc) is 2.77. The van der Waals surface area contributed by atoms with Crippen LogP contribution in [0.2, 0.25) is 0 Å². The van der Waals surface area contributed by atoms with Gasteiger partial charge in [0.25, 0.3) is 5.91 Å². The third-order valence-electron chi connectivity index (χ3n) is 2.24. The van der Waals surface area contributed by atoms with Crippen molar-refractivity contribution in [1.82, 2.24) is 5.32 Å². The summed E-state index contributed by atoms with van der Waals surface area (Å²) in [5.74, 6) is -0.483. The van der Waals surface area contributed by atoms with Crippen molar-refractivity contribution < 1.29 is 9.18 Å². The van der Waals surface area contributed by atoms with Gasteiger partial charge in [-0.3, -0.25) is 4.79 Å². The molecule has 0 aliphatic carbocycles. The summed E-state index contributed by atoms with van der Waals surface area (Å²) in [5.41, 5.74) is 0.707. The van der Waals surface area contributed by atoms with Gasteiger partial charge in [0.2, 0.25) is 0 Å². The van der Waals surface area contributed by atoms with Crippen LogP contribution in [0.1, 0.15) is 15.2 Å². The Hall–Kier alpha value is -0.720. The first-order chi connectivity index (χ1) is 8.56. The van der Waals surface area contributed by atoms with Gasteiger partial charge >= 0.3 is 0 Å². The van der Waals surface area contributed by atoms with Gasteiger partial charge in [-0.1, -0.05) is 15.9 Å². The first kappa shape index (κ1) is 13.7. The van der Waals surface area contributed by atoms with E-state index in [2.05, 4.69) is 37.2 Å². The summed E-state index contributed by atoms with van der Waals surface area (Å²) in [7, 11) is 0. The molecule has 0 saturated heterocycles.